The standard InChI is InChI=1S/C19H24N2O3S/c1-15-9-10-18(24-3)19(13-15)25(22,23)21-12-11-20(2)17(14-21)16-7-5-4-6-8-16/h4-10,13,17H,11-12,14H2,1-3H3. The number of aryl methyl sites for hydroxylation is 1. The zero-order valence-electron chi connectivity index (χ0n) is 14.8. The quantitative estimate of drug-likeness (QED) is 0.841. The molecule has 1 unspecified atom stereocenters. The number of methoxy groups -OCH3 is 1. The van der Waals surface area contributed by atoms with Gasteiger partial charge in [0, 0.05) is 25.7 Å². The van der Waals surface area contributed by atoms with Crippen LogP contribution in [0, 0.1) is 6.92 Å². The van der Waals surface area contributed by atoms with Crippen molar-refractivity contribution in [3.8, 4) is 5.75 Å². The monoisotopic (exact) mass is 360 g/mol. The molecule has 0 radical (unpaired) electrons. The van der Waals surface area contributed by atoms with Gasteiger partial charge in [0.1, 0.15) is 10.6 Å². The van der Waals surface area contributed by atoms with Crippen LogP contribution in [0.5, 0.6) is 5.75 Å². The Morgan fingerprint density at radius 3 is 2.48 bits per heavy atom. The average molecular weight is 360 g/mol. The lowest BCUT2D eigenvalue weighted by atomic mass is 10.0. The first kappa shape index (κ1) is 17.9. The predicted molar refractivity (Wildman–Crippen MR) is 98.3 cm³/mol. The Morgan fingerprint density at radius 1 is 1.08 bits per heavy atom. The summed E-state index contributed by atoms with van der Waals surface area (Å²) in [5, 5.41) is 0. The molecule has 25 heavy (non-hydrogen) atoms. The van der Waals surface area contributed by atoms with Crippen LogP contribution in [0.15, 0.2) is 53.4 Å². The van der Waals surface area contributed by atoms with E-state index in [1.807, 2.05) is 50.4 Å². The molecule has 1 fully saturated rings. The van der Waals surface area contributed by atoms with Crippen LogP contribution in [0.4, 0.5) is 0 Å². The van der Waals surface area contributed by atoms with Crippen LogP contribution in [-0.4, -0.2) is 51.4 Å². The third-order valence-electron chi connectivity index (χ3n) is 4.73. The van der Waals surface area contributed by atoms with Crippen LogP contribution in [0.25, 0.3) is 0 Å². The number of piperazine rings is 1. The minimum atomic E-state index is -3.61. The lowest BCUT2D eigenvalue weighted by Crippen LogP contribution is -2.48. The fraction of sp³-hybridized carbons (Fsp3) is 0.368. The zero-order chi connectivity index (χ0) is 18.0. The van der Waals surface area contributed by atoms with E-state index in [9.17, 15) is 8.42 Å². The molecule has 0 bridgehead atoms. The summed E-state index contributed by atoms with van der Waals surface area (Å²) >= 11 is 0. The lowest BCUT2D eigenvalue weighted by molar-refractivity contribution is 0.148. The summed E-state index contributed by atoms with van der Waals surface area (Å²) in [6.45, 7) is 3.47. The van der Waals surface area contributed by atoms with E-state index >= 15 is 0 Å². The second-order valence-electron chi connectivity index (χ2n) is 6.42. The second-order valence-corrected chi connectivity index (χ2v) is 8.33. The van der Waals surface area contributed by atoms with Gasteiger partial charge in [-0.3, -0.25) is 4.90 Å². The largest absolute Gasteiger partial charge is 0.495 e. The molecule has 0 N–H and O–H groups in total. The maximum Gasteiger partial charge on any atom is 0.246 e. The van der Waals surface area contributed by atoms with Gasteiger partial charge in [-0.05, 0) is 37.2 Å². The lowest BCUT2D eigenvalue weighted by Gasteiger charge is -2.39. The van der Waals surface area contributed by atoms with Crippen molar-refractivity contribution in [1.29, 1.82) is 0 Å². The molecular weight excluding hydrogens is 336 g/mol. The number of hydrogen-bond acceptors (Lipinski definition) is 4. The fourth-order valence-corrected chi connectivity index (χ4v) is 4.90. The fourth-order valence-electron chi connectivity index (χ4n) is 3.23. The molecule has 1 atom stereocenters. The highest BCUT2D eigenvalue weighted by molar-refractivity contribution is 7.89. The minimum absolute atomic E-state index is 0.0422. The number of ether oxygens (including phenoxy) is 1. The first-order valence-electron chi connectivity index (χ1n) is 8.33. The first-order chi connectivity index (χ1) is 11.9. The van der Waals surface area contributed by atoms with E-state index in [4.69, 9.17) is 4.74 Å². The third-order valence-corrected chi connectivity index (χ3v) is 6.62. The highest BCUT2D eigenvalue weighted by atomic mass is 32.2. The highest BCUT2D eigenvalue weighted by Gasteiger charge is 2.34. The van der Waals surface area contributed by atoms with Crippen LogP contribution in [0.1, 0.15) is 17.2 Å². The molecule has 134 valence electrons. The molecule has 6 heteroatoms. The Morgan fingerprint density at radius 2 is 1.80 bits per heavy atom. The van der Waals surface area contributed by atoms with Gasteiger partial charge in [0.05, 0.1) is 7.11 Å². The van der Waals surface area contributed by atoms with E-state index < -0.39 is 10.0 Å². The van der Waals surface area contributed by atoms with Crippen molar-refractivity contribution in [2.24, 2.45) is 0 Å². The Bertz CT molecular complexity index is 837. The summed E-state index contributed by atoms with van der Waals surface area (Å²) in [6.07, 6.45) is 0. The topological polar surface area (TPSA) is 49.9 Å². The minimum Gasteiger partial charge on any atom is -0.495 e. The molecule has 0 amide bonds. The van der Waals surface area contributed by atoms with E-state index in [1.54, 1.807) is 16.4 Å². The summed E-state index contributed by atoms with van der Waals surface area (Å²) < 4.78 is 33.3. The Balaban J connectivity index is 1.94. The van der Waals surface area contributed by atoms with Crippen molar-refractivity contribution in [3.05, 3.63) is 59.7 Å². The summed E-state index contributed by atoms with van der Waals surface area (Å²) in [6, 6.07) is 15.3. The van der Waals surface area contributed by atoms with E-state index in [1.165, 1.54) is 7.11 Å². The molecule has 0 saturated carbocycles. The molecule has 2 aromatic carbocycles. The van der Waals surface area contributed by atoms with E-state index in [-0.39, 0.29) is 10.9 Å². The van der Waals surface area contributed by atoms with Gasteiger partial charge in [0.2, 0.25) is 10.0 Å². The van der Waals surface area contributed by atoms with Crippen LogP contribution < -0.4 is 4.74 Å². The summed E-state index contributed by atoms with van der Waals surface area (Å²) in [5.41, 5.74) is 2.02. The van der Waals surface area contributed by atoms with Gasteiger partial charge in [-0.25, -0.2) is 8.42 Å². The molecule has 5 nitrogen and oxygen atoms in total. The predicted octanol–water partition coefficient (Wildman–Crippen LogP) is 2.68. The van der Waals surface area contributed by atoms with E-state index in [2.05, 4.69) is 4.90 Å². The number of nitrogens with zero attached hydrogens (tertiary/aromatic N) is 2. The number of benzene rings is 2. The maximum absolute atomic E-state index is 13.2. The van der Waals surface area contributed by atoms with Crippen molar-refractivity contribution >= 4 is 10.0 Å². The van der Waals surface area contributed by atoms with Gasteiger partial charge in [0.15, 0.2) is 0 Å². The van der Waals surface area contributed by atoms with Crippen molar-refractivity contribution < 1.29 is 13.2 Å². The number of likely N-dealkylation sites (N-methyl/N-ethyl adjacent to an activating group) is 1. The molecule has 1 saturated heterocycles. The van der Waals surface area contributed by atoms with Gasteiger partial charge in [-0.15, -0.1) is 0 Å². The van der Waals surface area contributed by atoms with Gasteiger partial charge in [-0.2, -0.15) is 4.31 Å². The van der Waals surface area contributed by atoms with Gasteiger partial charge in [-0.1, -0.05) is 36.4 Å². The number of rotatable bonds is 4. The maximum atomic E-state index is 13.2. The summed E-state index contributed by atoms with van der Waals surface area (Å²) in [4.78, 5) is 2.45. The Labute approximate surface area is 149 Å². The van der Waals surface area contributed by atoms with Crippen molar-refractivity contribution in [3.63, 3.8) is 0 Å². The Hall–Kier alpha value is -1.89. The molecule has 1 heterocycles. The summed E-state index contributed by atoms with van der Waals surface area (Å²) in [5.74, 6) is 0.390. The van der Waals surface area contributed by atoms with Gasteiger partial charge in [0.25, 0.3) is 0 Å². The molecule has 1 aliphatic heterocycles. The average Bonchev–Trinajstić information content (AvgIpc) is 2.62. The smallest absolute Gasteiger partial charge is 0.246 e. The first-order valence-corrected chi connectivity index (χ1v) is 9.77. The number of hydrogen-bond donors (Lipinski definition) is 0. The highest BCUT2D eigenvalue weighted by Crippen LogP contribution is 2.32. The van der Waals surface area contributed by atoms with Gasteiger partial charge < -0.3 is 4.74 Å². The van der Waals surface area contributed by atoms with Crippen LogP contribution in [0.3, 0.4) is 0 Å². The summed E-state index contributed by atoms with van der Waals surface area (Å²) in [7, 11) is -0.0729. The van der Waals surface area contributed by atoms with Crippen molar-refractivity contribution in [1.82, 2.24) is 9.21 Å². The Kier molecular flexibility index (Phi) is 5.13. The molecule has 0 aliphatic carbocycles. The zero-order valence-corrected chi connectivity index (χ0v) is 15.7. The molecule has 1 aliphatic rings. The van der Waals surface area contributed by atoms with E-state index in [0.717, 1.165) is 11.1 Å². The van der Waals surface area contributed by atoms with Crippen LogP contribution in [-0.2, 0) is 10.0 Å². The van der Waals surface area contributed by atoms with Crippen LogP contribution in [0.2, 0.25) is 0 Å². The normalized spacial score (nSPS) is 19.7. The van der Waals surface area contributed by atoms with Crippen molar-refractivity contribution in [2.75, 3.05) is 33.8 Å². The molecule has 0 spiro atoms. The molecule has 3 rings (SSSR count). The van der Waals surface area contributed by atoms with E-state index in [0.29, 0.717) is 25.4 Å². The number of sulfonamides is 1. The molecular formula is C19H24N2O3S. The van der Waals surface area contributed by atoms with Gasteiger partial charge >= 0.3 is 0 Å². The molecule has 0 aromatic heterocycles. The SMILES string of the molecule is COc1ccc(C)cc1S(=O)(=O)N1CCN(C)C(c2ccccc2)C1. The third kappa shape index (κ3) is 3.56. The van der Waals surface area contributed by atoms with Crippen LogP contribution >= 0.6 is 0 Å². The second kappa shape index (κ2) is 7.15. The molecule has 2 aromatic rings. The van der Waals surface area contributed by atoms with Crippen molar-refractivity contribution in [2.45, 2.75) is 17.9 Å².